The van der Waals surface area contributed by atoms with Gasteiger partial charge in [-0.15, -0.1) is 11.3 Å². The van der Waals surface area contributed by atoms with Gasteiger partial charge in [0.25, 0.3) is 5.91 Å². The van der Waals surface area contributed by atoms with E-state index in [0.717, 1.165) is 16.8 Å². The number of rotatable bonds is 5. The minimum absolute atomic E-state index is 0.526. The van der Waals surface area contributed by atoms with Gasteiger partial charge in [-0.25, -0.2) is 0 Å². The van der Waals surface area contributed by atoms with Crippen LogP contribution in [0.1, 0.15) is 21.6 Å². The number of aryl methyl sites for hydroxylation is 2. The quantitative estimate of drug-likeness (QED) is 0.613. The predicted molar refractivity (Wildman–Crippen MR) is 101 cm³/mol. The second-order valence-electron chi connectivity index (χ2n) is 5.95. The summed E-state index contributed by atoms with van der Waals surface area (Å²) < 4.78 is 0. The molecular formula is C20H20N2O2S. The predicted octanol–water partition coefficient (Wildman–Crippen LogP) is 3.74. The van der Waals surface area contributed by atoms with Gasteiger partial charge in [0.1, 0.15) is 0 Å². The van der Waals surface area contributed by atoms with E-state index in [0.29, 0.717) is 10.4 Å². The standard InChI is InChI=1S/C20H20N2O2S/c1-14-9-11-16(12-10-14)20(24,18-8-5-13-25-18)19(23)22-21-17-7-4-3-6-15(17)2/h3-13,21,24H,1-2H3,(H,22,23)/t20-/m0/s1. The minimum Gasteiger partial charge on any atom is -0.371 e. The molecule has 0 aliphatic heterocycles. The van der Waals surface area contributed by atoms with Gasteiger partial charge in [-0.05, 0) is 42.5 Å². The fourth-order valence-corrected chi connectivity index (χ4v) is 3.43. The number of nitrogens with one attached hydrogen (secondary N) is 2. The molecule has 0 fully saturated rings. The molecule has 25 heavy (non-hydrogen) atoms. The van der Waals surface area contributed by atoms with Gasteiger partial charge >= 0.3 is 0 Å². The van der Waals surface area contributed by atoms with Crippen LogP contribution in [-0.2, 0) is 10.4 Å². The Morgan fingerprint density at radius 1 is 1.00 bits per heavy atom. The van der Waals surface area contributed by atoms with Crippen molar-refractivity contribution in [1.82, 2.24) is 5.43 Å². The van der Waals surface area contributed by atoms with E-state index < -0.39 is 11.5 Å². The third-order valence-corrected chi connectivity index (χ3v) is 5.11. The number of anilines is 1. The molecule has 3 rings (SSSR count). The van der Waals surface area contributed by atoms with E-state index in [9.17, 15) is 9.90 Å². The van der Waals surface area contributed by atoms with E-state index in [4.69, 9.17) is 0 Å². The SMILES string of the molecule is Cc1ccc([C@@](O)(C(=O)NNc2ccccc2C)c2cccs2)cc1. The Balaban J connectivity index is 1.91. The van der Waals surface area contributed by atoms with Crippen molar-refractivity contribution in [3.8, 4) is 0 Å². The van der Waals surface area contributed by atoms with Crippen LogP contribution in [0, 0.1) is 13.8 Å². The summed E-state index contributed by atoms with van der Waals surface area (Å²) in [5.41, 5.74) is 7.18. The molecule has 0 bridgehead atoms. The Labute approximate surface area is 151 Å². The van der Waals surface area contributed by atoms with Crippen LogP contribution in [0.25, 0.3) is 0 Å². The van der Waals surface area contributed by atoms with Gasteiger partial charge in [0.2, 0.25) is 5.60 Å². The summed E-state index contributed by atoms with van der Waals surface area (Å²) in [4.78, 5) is 13.5. The van der Waals surface area contributed by atoms with Crippen molar-refractivity contribution in [3.63, 3.8) is 0 Å². The maximum absolute atomic E-state index is 12.9. The summed E-state index contributed by atoms with van der Waals surface area (Å²) in [5.74, 6) is -0.526. The Morgan fingerprint density at radius 3 is 2.36 bits per heavy atom. The van der Waals surface area contributed by atoms with Gasteiger partial charge in [0, 0.05) is 0 Å². The maximum atomic E-state index is 12.9. The van der Waals surface area contributed by atoms with Crippen LogP contribution in [0.3, 0.4) is 0 Å². The van der Waals surface area contributed by atoms with E-state index in [1.165, 1.54) is 11.3 Å². The average molecular weight is 352 g/mol. The third kappa shape index (κ3) is 3.43. The molecule has 3 aromatic rings. The molecular weight excluding hydrogens is 332 g/mol. The van der Waals surface area contributed by atoms with Crippen LogP contribution in [0.4, 0.5) is 5.69 Å². The lowest BCUT2D eigenvalue weighted by Crippen LogP contribution is -2.47. The number of benzene rings is 2. The van der Waals surface area contributed by atoms with Crippen LogP contribution in [-0.4, -0.2) is 11.0 Å². The lowest BCUT2D eigenvalue weighted by molar-refractivity contribution is -0.135. The molecule has 3 N–H and O–H groups in total. The maximum Gasteiger partial charge on any atom is 0.280 e. The Hall–Kier alpha value is -2.63. The van der Waals surface area contributed by atoms with Gasteiger partial charge < -0.3 is 5.11 Å². The Bertz CT molecular complexity index is 860. The molecule has 0 saturated carbocycles. The topological polar surface area (TPSA) is 61.4 Å². The van der Waals surface area contributed by atoms with E-state index >= 15 is 0 Å². The van der Waals surface area contributed by atoms with E-state index in [-0.39, 0.29) is 0 Å². The summed E-state index contributed by atoms with van der Waals surface area (Å²) in [6.45, 7) is 3.91. The second-order valence-corrected chi connectivity index (χ2v) is 6.90. The molecule has 128 valence electrons. The summed E-state index contributed by atoms with van der Waals surface area (Å²) in [7, 11) is 0. The fourth-order valence-electron chi connectivity index (χ4n) is 2.59. The molecule has 4 nitrogen and oxygen atoms in total. The third-order valence-electron chi connectivity index (χ3n) is 4.13. The van der Waals surface area contributed by atoms with Crippen LogP contribution in [0.5, 0.6) is 0 Å². The normalized spacial score (nSPS) is 13.1. The first kappa shape index (κ1) is 17.2. The van der Waals surface area contributed by atoms with Crippen molar-refractivity contribution in [2.24, 2.45) is 0 Å². The summed E-state index contributed by atoms with van der Waals surface area (Å²) in [5, 5.41) is 13.2. The molecule has 1 atom stereocenters. The van der Waals surface area contributed by atoms with Gasteiger partial charge in [-0.2, -0.15) is 0 Å². The van der Waals surface area contributed by atoms with Gasteiger partial charge in [0.15, 0.2) is 0 Å². The number of thiophene rings is 1. The number of hydrogen-bond donors (Lipinski definition) is 3. The van der Waals surface area contributed by atoms with Gasteiger partial charge in [0.05, 0.1) is 10.6 Å². The van der Waals surface area contributed by atoms with E-state index in [2.05, 4.69) is 10.9 Å². The van der Waals surface area contributed by atoms with Crippen LogP contribution >= 0.6 is 11.3 Å². The van der Waals surface area contributed by atoms with Crippen molar-refractivity contribution < 1.29 is 9.90 Å². The monoisotopic (exact) mass is 352 g/mol. The van der Waals surface area contributed by atoms with E-state index in [1.807, 2.05) is 61.7 Å². The van der Waals surface area contributed by atoms with Crippen LogP contribution < -0.4 is 10.9 Å². The zero-order chi connectivity index (χ0) is 17.9. The first-order valence-electron chi connectivity index (χ1n) is 7.97. The van der Waals surface area contributed by atoms with Crippen LogP contribution in [0.2, 0.25) is 0 Å². The zero-order valence-corrected chi connectivity index (χ0v) is 14.9. The van der Waals surface area contributed by atoms with Gasteiger partial charge in [-0.1, -0.05) is 54.1 Å². The number of hydrogen-bond acceptors (Lipinski definition) is 4. The number of carbonyl (C=O) groups excluding carboxylic acids is 1. The molecule has 1 aromatic heterocycles. The minimum atomic E-state index is -1.75. The largest absolute Gasteiger partial charge is 0.371 e. The van der Waals surface area contributed by atoms with Crippen molar-refractivity contribution in [3.05, 3.63) is 87.6 Å². The molecule has 0 saturated heterocycles. The molecule has 2 aromatic carbocycles. The average Bonchev–Trinajstić information content (AvgIpc) is 3.16. The van der Waals surface area contributed by atoms with Gasteiger partial charge in [-0.3, -0.25) is 15.6 Å². The molecule has 0 spiro atoms. The Morgan fingerprint density at radius 2 is 1.72 bits per heavy atom. The van der Waals surface area contributed by atoms with E-state index in [1.54, 1.807) is 18.2 Å². The zero-order valence-electron chi connectivity index (χ0n) is 14.1. The molecule has 0 aliphatic rings. The van der Waals surface area contributed by atoms with Crippen LogP contribution in [0.15, 0.2) is 66.0 Å². The number of para-hydroxylation sites is 1. The number of aliphatic hydroxyl groups is 1. The first-order chi connectivity index (χ1) is 12.0. The second kappa shape index (κ2) is 7.09. The molecule has 5 heteroatoms. The fraction of sp³-hybridized carbons (Fsp3) is 0.150. The van der Waals surface area contributed by atoms with Crippen molar-refractivity contribution in [2.45, 2.75) is 19.4 Å². The number of carbonyl (C=O) groups is 1. The number of amides is 1. The lowest BCUT2D eigenvalue weighted by Gasteiger charge is -2.27. The highest BCUT2D eigenvalue weighted by Gasteiger charge is 2.41. The summed E-state index contributed by atoms with van der Waals surface area (Å²) >= 11 is 1.34. The molecule has 1 amide bonds. The van der Waals surface area contributed by atoms with Crippen molar-refractivity contribution in [1.29, 1.82) is 0 Å². The summed E-state index contributed by atoms with van der Waals surface area (Å²) in [6, 6.07) is 18.5. The molecule has 0 aliphatic carbocycles. The molecule has 0 radical (unpaired) electrons. The first-order valence-corrected chi connectivity index (χ1v) is 8.85. The molecule has 1 heterocycles. The lowest BCUT2D eigenvalue weighted by atomic mass is 9.90. The van der Waals surface area contributed by atoms with Crippen molar-refractivity contribution >= 4 is 22.9 Å². The highest BCUT2D eigenvalue weighted by atomic mass is 32.1. The highest BCUT2D eigenvalue weighted by molar-refractivity contribution is 7.10. The summed E-state index contributed by atoms with van der Waals surface area (Å²) in [6.07, 6.45) is 0. The number of hydrazine groups is 1. The smallest absolute Gasteiger partial charge is 0.280 e. The molecule has 0 unspecified atom stereocenters. The van der Waals surface area contributed by atoms with Crippen molar-refractivity contribution in [2.75, 3.05) is 5.43 Å². The Kier molecular flexibility index (Phi) is 4.88. The highest BCUT2D eigenvalue weighted by Crippen LogP contribution is 2.33.